The van der Waals surface area contributed by atoms with Crippen LogP contribution in [-0.4, -0.2) is 11.0 Å². The Labute approximate surface area is 88.2 Å². The molecular weight excluding hydrogens is 200 g/mol. The zero-order valence-electron chi connectivity index (χ0n) is 7.94. The SMILES string of the molecule is C[C@@H](Cc1ccc(Cl)cc1)/C(N)=N/O. The van der Waals surface area contributed by atoms with Crippen molar-refractivity contribution in [1.29, 1.82) is 0 Å². The van der Waals surface area contributed by atoms with E-state index in [-0.39, 0.29) is 11.8 Å². The van der Waals surface area contributed by atoms with Crippen molar-refractivity contribution in [1.82, 2.24) is 0 Å². The molecule has 0 heterocycles. The van der Waals surface area contributed by atoms with Crippen LogP contribution in [0.5, 0.6) is 0 Å². The summed E-state index contributed by atoms with van der Waals surface area (Å²) in [5.41, 5.74) is 6.59. The molecule has 14 heavy (non-hydrogen) atoms. The van der Waals surface area contributed by atoms with Crippen molar-refractivity contribution in [2.75, 3.05) is 0 Å². The summed E-state index contributed by atoms with van der Waals surface area (Å²) >= 11 is 5.75. The van der Waals surface area contributed by atoms with Gasteiger partial charge in [-0.1, -0.05) is 35.8 Å². The Kier molecular flexibility index (Phi) is 3.77. The zero-order valence-corrected chi connectivity index (χ0v) is 8.70. The highest BCUT2D eigenvalue weighted by Gasteiger charge is 2.08. The summed E-state index contributed by atoms with van der Waals surface area (Å²) in [6.45, 7) is 1.91. The minimum Gasteiger partial charge on any atom is -0.409 e. The normalized spacial score (nSPS) is 14.0. The first-order valence-corrected chi connectivity index (χ1v) is 4.73. The third kappa shape index (κ3) is 2.92. The summed E-state index contributed by atoms with van der Waals surface area (Å²) in [6.07, 6.45) is 0.743. The quantitative estimate of drug-likeness (QED) is 0.350. The number of nitrogens with two attached hydrogens (primary N) is 1. The van der Waals surface area contributed by atoms with Gasteiger partial charge in [-0.2, -0.15) is 0 Å². The highest BCUT2D eigenvalue weighted by molar-refractivity contribution is 6.30. The van der Waals surface area contributed by atoms with Crippen LogP contribution in [0.1, 0.15) is 12.5 Å². The van der Waals surface area contributed by atoms with Gasteiger partial charge >= 0.3 is 0 Å². The van der Waals surface area contributed by atoms with Crippen LogP contribution in [-0.2, 0) is 6.42 Å². The maximum atomic E-state index is 8.47. The fraction of sp³-hybridized carbons (Fsp3) is 0.300. The highest BCUT2D eigenvalue weighted by Crippen LogP contribution is 2.13. The van der Waals surface area contributed by atoms with E-state index in [9.17, 15) is 0 Å². The van der Waals surface area contributed by atoms with Crippen LogP contribution >= 0.6 is 11.6 Å². The Bertz CT molecular complexity index is 321. The van der Waals surface area contributed by atoms with E-state index >= 15 is 0 Å². The van der Waals surface area contributed by atoms with Gasteiger partial charge in [0, 0.05) is 10.9 Å². The molecule has 0 aromatic heterocycles. The van der Waals surface area contributed by atoms with E-state index < -0.39 is 0 Å². The molecule has 0 aliphatic carbocycles. The van der Waals surface area contributed by atoms with E-state index in [0.717, 1.165) is 12.0 Å². The molecule has 0 radical (unpaired) electrons. The number of benzene rings is 1. The lowest BCUT2D eigenvalue weighted by atomic mass is 10.0. The van der Waals surface area contributed by atoms with Gasteiger partial charge in [0.2, 0.25) is 0 Å². The van der Waals surface area contributed by atoms with Crippen molar-refractivity contribution in [2.24, 2.45) is 16.8 Å². The molecule has 1 atom stereocenters. The summed E-state index contributed by atoms with van der Waals surface area (Å²) in [5, 5.41) is 12.2. The fourth-order valence-corrected chi connectivity index (χ4v) is 1.30. The van der Waals surface area contributed by atoms with E-state index in [1.807, 2.05) is 31.2 Å². The number of hydrogen-bond acceptors (Lipinski definition) is 2. The molecule has 0 saturated heterocycles. The molecule has 4 heteroatoms. The smallest absolute Gasteiger partial charge is 0.142 e. The van der Waals surface area contributed by atoms with Gasteiger partial charge in [0.15, 0.2) is 0 Å². The van der Waals surface area contributed by atoms with E-state index in [1.54, 1.807) is 0 Å². The molecule has 0 saturated carbocycles. The number of hydrogen-bond donors (Lipinski definition) is 2. The molecule has 0 spiro atoms. The van der Waals surface area contributed by atoms with Crippen LogP contribution in [0.25, 0.3) is 0 Å². The molecule has 0 amide bonds. The number of rotatable bonds is 3. The Morgan fingerprint density at radius 1 is 1.50 bits per heavy atom. The van der Waals surface area contributed by atoms with Gasteiger partial charge in [-0.15, -0.1) is 0 Å². The Morgan fingerprint density at radius 2 is 2.07 bits per heavy atom. The minimum atomic E-state index is 0.0289. The second-order valence-electron chi connectivity index (χ2n) is 3.26. The van der Waals surface area contributed by atoms with E-state index in [2.05, 4.69) is 5.16 Å². The van der Waals surface area contributed by atoms with Crippen molar-refractivity contribution in [3.05, 3.63) is 34.9 Å². The first-order valence-electron chi connectivity index (χ1n) is 4.35. The van der Waals surface area contributed by atoms with E-state index in [4.69, 9.17) is 22.5 Å². The third-order valence-corrected chi connectivity index (χ3v) is 2.33. The Balaban J connectivity index is 2.65. The van der Waals surface area contributed by atoms with Gasteiger partial charge in [-0.05, 0) is 24.1 Å². The van der Waals surface area contributed by atoms with E-state index in [0.29, 0.717) is 5.02 Å². The van der Waals surface area contributed by atoms with Crippen LogP contribution in [0.15, 0.2) is 29.4 Å². The molecule has 3 nitrogen and oxygen atoms in total. The topological polar surface area (TPSA) is 58.6 Å². The van der Waals surface area contributed by atoms with Crippen LogP contribution in [0.3, 0.4) is 0 Å². The average Bonchev–Trinajstić information content (AvgIpc) is 2.20. The second kappa shape index (κ2) is 4.86. The molecule has 0 unspecified atom stereocenters. The van der Waals surface area contributed by atoms with Crippen LogP contribution in [0.2, 0.25) is 5.02 Å². The summed E-state index contributed by atoms with van der Waals surface area (Å²) in [5.74, 6) is 0.279. The highest BCUT2D eigenvalue weighted by atomic mass is 35.5. The van der Waals surface area contributed by atoms with Crippen molar-refractivity contribution < 1.29 is 5.21 Å². The molecule has 0 fully saturated rings. The lowest BCUT2D eigenvalue weighted by Crippen LogP contribution is -2.22. The zero-order chi connectivity index (χ0) is 10.6. The van der Waals surface area contributed by atoms with Crippen molar-refractivity contribution in [3.8, 4) is 0 Å². The molecule has 76 valence electrons. The fourth-order valence-electron chi connectivity index (χ4n) is 1.18. The van der Waals surface area contributed by atoms with Gasteiger partial charge < -0.3 is 10.9 Å². The average molecular weight is 213 g/mol. The number of amidine groups is 1. The molecular formula is C10H13ClN2O. The number of oxime groups is 1. The van der Waals surface area contributed by atoms with Gasteiger partial charge in [-0.25, -0.2) is 0 Å². The summed E-state index contributed by atoms with van der Waals surface area (Å²) < 4.78 is 0. The lowest BCUT2D eigenvalue weighted by Gasteiger charge is -2.09. The number of nitrogens with zero attached hydrogens (tertiary/aromatic N) is 1. The monoisotopic (exact) mass is 212 g/mol. The summed E-state index contributed by atoms with van der Waals surface area (Å²) in [7, 11) is 0. The van der Waals surface area contributed by atoms with E-state index in [1.165, 1.54) is 0 Å². The number of halogens is 1. The first-order chi connectivity index (χ1) is 6.63. The molecule has 3 N–H and O–H groups in total. The molecule has 1 aromatic rings. The van der Waals surface area contributed by atoms with Crippen molar-refractivity contribution in [2.45, 2.75) is 13.3 Å². The Morgan fingerprint density at radius 3 is 2.57 bits per heavy atom. The van der Waals surface area contributed by atoms with Crippen LogP contribution < -0.4 is 5.73 Å². The maximum absolute atomic E-state index is 8.47. The maximum Gasteiger partial charge on any atom is 0.142 e. The van der Waals surface area contributed by atoms with Gasteiger partial charge in [-0.3, -0.25) is 0 Å². The minimum absolute atomic E-state index is 0.0289. The van der Waals surface area contributed by atoms with Crippen molar-refractivity contribution >= 4 is 17.4 Å². The summed E-state index contributed by atoms with van der Waals surface area (Å²) in [6, 6.07) is 7.53. The lowest BCUT2D eigenvalue weighted by molar-refractivity contribution is 0.314. The van der Waals surface area contributed by atoms with Crippen LogP contribution in [0, 0.1) is 5.92 Å². The molecule has 0 aliphatic heterocycles. The standard InChI is InChI=1S/C10H13ClN2O/c1-7(10(12)13-14)6-8-2-4-9(11)5-3-8/h2-5,7,14H,6H2,1H3,(H2,12,13)/t7-/m0/s1. The van der Waals surface area contributed by atoms with Gasteiger partial charge in [0.25, 0.3) is 0 Å². The molecule has 1 aromatic carbocycles. The molecule has 0 aliphatic rings. The van der Waals surface area contributed by atoms with Gasteiger partial charge in [0.05, 0.1) is 0 Å². The van der Waals surface area contributed by atoms with Crippen molar-refractivity contribution in [3.63, 3.8) is 0 Å². The largest absolute Gasteiger partial charge is 0.409 e. The molecule has 1 rings (SSSR count). The summed E-state index contributed by atoms with van der Waals surface area (Å²) in [4.78, 5) is 0. The second-order valence-corrected chi connectivity index (χ2v) is 3.69. The first kappa shape index (κ1) is 10.9. The third-order valence-electron chi connectivity index (χ3n) is 2.08. The Hall–Kier alpha value is -1.22. The molecule has 0 bridgehead atoms. The predicted molar refractivity (Wildman–Crippen MR) is 57.7 cm³/mol. The van der Waals surface area contributed by atoms with Gasteiger partial charge in [0.1, 0.15) is 5.84 Å². The van der Waals surface area contributed by atoms with Crippen LogP contribution in [0.4, 0.5) is 0 Å². The predicted octanol–water partition coefficient (Wildman–Crippen LogP) is 2.27.